The van der Waals surface area contributed by atoms with Gasteiger partial charge >= 0.3 is 5.97 Å². The van der Waals surface area contributed by atoms with Crippen LogP contribution in [0.5, 0.6) is 0 Å². The molecule has 20 heavy (non-hydrogen) atoms. The Labute approximate surface area is 118 Å². The molecule has 0 atom stereocenters. The normalized spacial score (nSPS) is 10.7. The van der Waals surface area contributed by atoms with Crippen LogP contribution in [0.2, 0.25) is 0 Å². The molecule has 0 aliphatic carbocycles. The standard InChI is InChI=1S/C15H20FNO3/c1-10(2)9-17(7-6-14(18)19)15(20)12-5-4-11(3)13(16)8-12/h4-5,8,10H,6-7,9H2,1-3H3,(H,18,19). The molecule has 0 saturated heterocycles. The maximum absolute atomic E-state index is 13.5. The van der Waals surface area contributed by atoms with E-state index < -0.39 is 11.8 Å². The fraction of sp³-hybridized carbons (Fsp3) is 0.467. The summed E-state index contributed by atoms with van der Waals surface area (Å²) in [6.45, 7) is 6.08. The summed E-state index contributed by atoms with van der Waals surface area (Å²) >= 11 is 0. The largest absolute Gasteiger partial charge is 0.481 e. The Morgan fingerprint density at radius 3 is 2.50 bits per heavy atom. The Morgan fingerprint density at radius 1 is 1.35 bits per heavy atom. The number of benzene rings is 1. The Kier molecular flexibility index (Phi) is 5.67. The van der Waals surface area contributed by atoms with Crippen molar-refractivity contribution in [3.05, 3.63) is 35.1 Å². The molecule has 1 amide bonds. The molecule has 0 aromatic heterocycles. The minimum atomic E-state index is -0.957. The van der Waals surface area contributed by atoms with Crippen molar-refractivity contribution >= 4 is 11.9 Å². The first-order valence-electron chi connectivity index (χ1n) is 6.58. The number of hydrogen-bond donors (Lipinski definition) is 1. The number of carboxylic acids is 1. The second kappa shape index (κ2) is 7.03. The third kappa shape index (κ3) is 4.64. The average molecular weight is 281 g/mol. The fourth-order valence-corrected chi connectivity index (χ4v) is 1.86. The van der Waals surface area contributed by atoms with E-state index in [-0.39, 0.29) is 30.4 Å². The van der Waals surface area contributed by atoms with E-state index >= 15 is 0 Å². The zero-order chi connectivity index (χ0) is 15.3. The van der Waals surface area contributed by atoms with Crippen LogP contribution in [0.15, 0.2) is 18.2 Å². The van der Waals surface area contributed by atoms with Gasteiger partial charge in [0.1, 0.15) is 5.82 Å². The number of carbonyl (C=O) groups is 2. The molecule has 5 heteroatoms. The third-order valence-corrected chi connectivity index (χ3v) is 2.89. The van der Waals surface area contributed by atoms with Gasteiger partial charge in [-0.2, -0.15) is 0 Å². The van der Waals surface area contributed by atoms with E-state index in [0.717, 1.165) is 0 Å². The monoisotopic (exact) mass is 281 g/mol. The molecule has 0 unspecified atom stereocenters. The highest BCUT2D eigenvalue weighted by Crippen LogP contribution is 2.13. The molecule has 1 N–H and O–H groups in total. The van der Waals surface area contributed by atoms with Crippen molar-refractivity contribution in [2.24, 2.45) is 5.92 Å². The van der Waals surface area contributed by atoms with Crippen LogP contribution >= 0.6 is 0 Å². The molecular weight excluding hydrogens is 261 g/mol. The lowest BCUT2D eigenvalue weighted by atomic mass is 10.1. The molecule has 0 bridgehead atoms. The van der Waals surface area contributed by atoms with Gasteiger partial charge in [-0.15, -0.1) is 0 Å². The maximum Gasteiger partial charge on any atom is 0.305 e. The Bertz CT molecular complexity index is 500. The number of carbonyl (C=O) groups excluding carboxylic acids is 1. The summed E-state index contributed by atoms with van der Waals surface area (Å²) in [6, 6.07) is 4.31. The summed E-state index contributed by atoms with van der Waals surface area (Å²) in [5, 5.41) is 8.73. The Morgan fingerprint density at radius 2 is 2.00 bits per heavy atom. The summed E-state index contributed by atoms with van der Waals surface area (Å²) < 4.78 is 13.5. The van der Waals surface area contributed by atoms with Crippen LogP contribution in [0.4, 0.5) is 4.39 Å². The maximum atomic E-state index is 13.5. The summed E-state index contributed by atoms with van der Waals surface area (Å²) in [6.07, 6.45) is -0.118. The van der Waals surface area contributed by atoms with E-state index in [2.05, 4.69) is 0 Å². The van der Waals surface area contributed by atoms with Gasteiger partial charge in [0.2, 0.25) is 0 Å². The first-order valence-corrected chi connectivity index (χ1v) is 6.58. The summed E-state index contributed by atoms with van der Waals surface area (Å²) in [5.41, 5.74) is 0.724. The van der Waals surface area contributed by atoms with Crippen LogP contribution in [0.3, 0.4) is 0 Å². The number of carboxylic acid groups (broad SMARTS) is 1. The van der Waals surface area contributed by atoms with Gasteiger partial charge in [0, 0.05) is 18.7 Å². The molecular formula is C15H20FNO3. The predicted molar refractivity (Wildman–Crippen MR) is 74.1 cm³/mol. The van der Waals surface area contributed by atoms with Gasteiger partial charge in [-0.25, -0.2) is 4.39 Å². The van der Waals surface area contributed by atoms with Crippen LogP contribution in [-0.4, -0.2) is 35.0 Å². The molecule has 0 saturated carbocycles. The van der Waals surface area contributed by atoms with E-state index in [0.29, 0.717) is 12.1 Å². The van der Waals surface area contributed by atoms with Gasteiger partial charge in [0.15, 0.2) is 0 Å². The van der Waals surface area contributed by atoms with Crippen LogP contribution in [0.25, 0.3) is 0 Å². The molecule has 0 spiro atoms. The molecule has 0 aliphatic rings. The molecule has 0 radical (unpaired) electrons. The average Bonchev–Trinajstić information content (AvgIpc) is 2.36. The molecule has 1 rings (SSSR count). The smallest absolute Gasteiger partial charge is 0.305 e. The van der Waals surface area contributed by atoms with Gasteiger partial charge in [0.25, 0.3) is 5.91 Å². The lowest BCUT2D eigenvalue weighted by Crippen LogP contribution is -2.36. The predicted octanol–water partition coefficient (Wildman–Crippen LogP) is 2.71. The van der Waals surface area contributed by atoms with Crippen molar-refractivity contribution in [2.45, 2.75) is 27.2 Å². The highest BCUT2D eigenvalue weighted by Gasteiger charge is 2.18. The second-order valence-corrected chi connectivity index (χ2v) is 5.25. The molecule has 4 nitrogen and oxygen atoms in total. The van der Waals surface area contributed by atoms with Crippen molar-refractivity contribution in [1.29, 1.82) is 0 Å². The Hall–Kier alpha value is -1.91. The van der Waals surface area contributed by atoms with Crippen molar-refractivity contribution in [3.8, 4) is 0 Å². The van der Waals surface area contributed by atoms with Gasteiger partial charge in [0.05, 0.1) is 6.42 Å². The van der Waals surface area contributed by atoms with E-state index in [1.807, 2.05) is 13.8 Å². The van der Waals surface area contributed by atoms with Gasteiger partial charge in [-0.05, 0) is 30.5 Å². The fourth-order valence-electron chi connectivity index (χ4n) is 1.86. The number of aliphatic carboxylic acids is 1. The number of amides is 1. The highest BCUT2D eigenvalue weighted by molar-refractivity contribution is 5.94. The molecule has 0 fully saturated rings. The van der Waals surface area contributed by atoms with E-state index in [4.69, 9.17) is 5.11 Å². The van der Waals surface area contributed by atoms with Crippen molar-refractivity contribution in [2.75, 3.05) is 13.1 Å². The van der Waals surface area contributed by atoms with Gasteiger partial charge in [-0.1, -0.05) is 19.9 Å². The molecule has 110 valence electrons. The molecule has 0 aliphatic heterocycles. The topological polar surface area (TPSA) is 57.6 Å². The zero-order valence-corrected chi connectivity index (χ0v) is 12.0. The third-order valence-electron chi connectivity index (χ3n) is 2.89. The first-order chi connectivity index (χ1) is 9.31. The first kappa shape index (κ1) is 16.1. The quantitative estimate of drug-likeness (QED) is 0.872. The Balaban J connectivity index is 2.90. The van der Waals surface area contributed by atoms with Crippen LogP contribution in [0.1, 0.15) is 36.2 Å². The zero-order valence-electron chi connectivity index (χ0n) is 12.0. The van der Waals surface area contributed by atoms with Gasteiger partial charge < -0.3 is 10.0 Å². The van der Waals surface area contributed by atoms with Crippen LogP contribution in [0, 0.1) is 18.7 Å². The van der Waals surface area contributed by atoms with E-state index in [1.165, 1.54) is 11.0 Å². The minimum Gasteiger partial charge on any atom is -0.481 e. The number of aryl methyl sites for hydroxylation is 1. The summed E-state index contributed by atoms with van der Waals surface area (Å²) in [5.74, 6) is -1.51. The lowest BCUT2D eigenvalue weighted by molar-refractivity contribution is -0.137. The van der Waals surface area contributed by atoms with Crippen LogP contribution in [-0.2, 0) is 4.79 Å². The minimum absolute atomic E-state index is 0.118. The molecule has 1 aromatic carbocycles. The summed E-state index contributed by atoms with van der Waals surface area (Å²) in [7, 11) is 0. The van der Waals surface area contributed by atoms with Crippen molar-refractivity contribution in [1.82, 2.24) is 4.90 Å². The number of rotatable bonds is 6. The summed E-state index contributed by atoms with van der Waals surface area (Å²) in [4.78, 5) is 24.4. The van der Waals surface area contributed by atoms with Crippen LogP contribution < -0.4 is 0 Å². The molecule has 1 aromatic rings. The highest BCUT2D eigenvalue weighted by atomic mass is 19.1. The van der Waals surface area contributed by atoms with E-state index in [9.17, 15) is 14.0 Å². The van der Waals surface area contributed by atoms with E-state index in [1.54, 1.807) is 19.1 Å². The lowest BCUT2D eigenvalue weighted by Gasteiger charge is -2.24. The number of hydrogen-bond acceptors (Lipinski definition) is 2. The SMILES string of the molecule is Cc1ccc(C(=O)N(CCC(=O)O)CC(C)C)cc1F. The second-order valence-electron chi connectivity index (χ2n) is 5.25. The van der Waals surface area contributed by atoms with Gasteiger partial charge in [-0.3, -0.25) is 9.59 Å². The number of nitrogens with zero attached hydrogens (tertiary/aromatic N) is 1. The number of halogens is 1. The van der Waals surface area contributed by atoms with Crippen molar-refractivity contribution in [3.63, 3.8) is 0 Å². The molecule has 0 heterocycles. The van der Waals surface area contributed by atoms with Crippen molar-refractivity contribution < 1.29 is 19.1 Å².